The van der Waals surface area contributed by atoms with Gasteiger partial charge in [-0.1, -0.05) is 6.92 Å². The second kappa shape index (κ2) is 11.1. The van der Waals surface area contributed by atoms with Gasteiger partial charge in [-0.05, 0) is 0 Å². The van der Waals surface area contributed by atoms with Crippen molar-refractivity contribution in [1.82, 2.24) is 0 Å². The standard InChI is InChI=1S/C13H16F7O4.Rb/c1-3-8(2)10(22)24-6-4-9(21)23-7-5-11(14,15)12(16,17)13(18,19)20;/h3-7H2,1-2H3;/q-1;+1. The van der Waals surface area contributed by atoms with Crippen molar-refractivity contribution in [2.24, 2.45) is 0 Å². The molecule has 0 radical (unpaired) electrons. The van der Waals surface area contributed by atoms with Crippen molar-refractivity contribution < 1.29 is 108 Å². The molecule has 0 aliphatic carbocycles. The van der Waals surface area contributed by atoms with E-state index in [1.165, 1.54) is 6.92 Å². The summed E-state index contributed by atoms with van der Waals surface area (Å²) in [5.41, 5.74) is 0. The van der Waals surface area contributed by atoms with Crippen LogP contribution in [0.5, 0.6) is 0 Å². The molecule has 0 fully saturated rings. The van der Waals surface area contributed by atoms with Gasteiger partial charge in [-0.3, -0.25) is 15.5 Å². The van der Waals surface area contributed by atoms with E-state index < -0.39 is 56.0 Å². The summed E-state index contributed by atoms with van der Waals surface area (Å²) in [5.74, 6) is -13.2. The van der Waals surface area contributed by atoms with Gasteiger partial charge in [0.1, 0.15) is 0 Å². The number of esters is 2. The molecular formula is C13H16F7O4Rb. The maximum Gasteiger partial charge on any atom is 1.00 e. The molecule has 4 nitrogen and oxygen atoms in total. The van der Waals surface area contributed by atoms with Crippen LogP contribution in [0.1, 0.15) is 33.1 Å². The van der Waals surface area contributed by atoms with Gasteiger partial charge >= 0.3 is 82.2 Å². The van der Waals surface area contributed by atoms with Crippen molar-refractivity contribution in [3.05, 3.63) is 5.92 Å². The number of alkyl halides is 7. The van der Waals surface area contributed by atoms with Crippen LogP contribution in [-0.4, -0.2) is 43.2 Å². The Bertz CT molecular complexity index is 441. The van der Waals surface area contributed by atoms with Crippen molar-refractivity contribution in [3.8, 4) is 0 Å². The number of hydrogen-bond acceptors (Lipinski definition) is 4. The molecule has 142 valence electrons. The number of carbonyl (C=O) groups excluding carboxylic acids is 2. The first kappa shape index (κ1) is 27.3. The Hall–Kier alpha value is 0.125. The van der Waals surface area contributed by atoms with Crippen LogP contribution in [0, 0.1) is 5.92 Å². The van der Waals surface area contributed by atoms with Crippen LogP contribution >= 0.6 is 0 Å². The molecule has 12 heteroatoms. The van der Waals surface area contributed by atoms with Gasteiger partial charge in [0.05, 0.1) is 26.1 Å². The Kier molecular flexibility index (Phi) is 12.1. The minimum atomic E-state index is -6.43. The van der Waals surface area contributed by atoms with E-state index >= 15 is 0 Å². The molecule has 0 heterocycles. The summed E-state index contributed by atoms with van der Waals surface area (Å²) in [6, 6.07) is 0. The summed E-state index contributed by atoms with van der Waals surface area (Å²) in [7, 11) is 0. The van der Waals surface area contributed by atoms with E-state index in [1.54, 1.807) is 6.92 Å². The summed E-state index contributed by atoms with van der Waals surface area (Å²) in [4.78, 5) is 22.3. The summed E-state index contributed by atoms with van der Waals surface area (Å²) >= 11 is 0. The van der Waals surface area contributed by atoms with Crippen LogP contribution in [0.15, 0.2) is 0 Å². The molecule has 0 unspecified atom stereocenters. The van der Waals surface area contributed by atoms with Gasteiger partial charge in [-0.2, -0.15) is 44.1 Å². The fourth-order valence-electron chi connectivity index (χ4n) is 1.22. The van der Waals surface area contributed by atoms with Gasteiger partial charge in [-0.25, -0.2) is 0 Å². The zero-order chi connectivity index (χ0) is 19.2. The smallest absolute Gasteiger partial charge is 0.487 e. The average molecular weight is 455 g/mol. The molecule has 0 aromatic carbocycles. The predicted octanol–water partition coefficient (Wildman–Crippen LogP) is 0.694. The summed E-state index contributed by atoms with van der Waals surface area (Å²) in [6.07, 6.45) is -8.58. The largest absolute Gasteiger partial charge is 1.00 e. The topological polar surface area (TPSA) is 52.6 Å². The zero-order valence-electron chi connectivity index (χ0n) is 13.8. The molecule has 0 aliphatic heterocycles. The molecular weight excluding hydrogens is 439 g/mol. The number of halogens is 7. The van der Waals surface area contributed by atoms with E-state index in [4.69, 9.17) is 0 Å². The third-order valence-corrected chi connectivity index (χ3v) is 2.91. The van der Waals surface area contributed by atoms with Crippen molar-refractivity contribution in [2.45, 2.75) is 51.1 Å². The molecule has 0 aliphatic rings. The van der Waals surface area contributed by atoms with E-state index in [1.807, 2.05) is 0 Å². The molecule has 0 N–H and O–H groups in total. The Balaban J connectivity index is 0. The molecule has 25 heavy (non-hydrogen) atoms. The molecule has 0 rings (SSSR count). The van der Waals surface area contributed by atoms with Crippen LogP contribution in [0.3, 0.4) is 0 Å². The maximum atomic E-state index is 12.9. The molecule has 0 aromatic heterocycles. The van der Waals surface area contributed by atoms with Crippen molar-refractivity contribution in [2.75, 3.05) is 13.2 Å². The van der Waals surface area contributed by atoms with Crippen molar-refractivity contribution >= 4 is 11.9 Å². The Morgan fingerprint density at radius 2 is 1.48 bits per heavy atom. The Morgan fingerprint density at radius 3 is 1.92 bits per heavy atom. The number of hydrogen-bond donors (Lipinski definition) is 0. The van der Waals surface area contributed by atoms with Gasteiger partial charge in [-0.15, -0.1) is 0 Å². The first-order chi connectivity index (χ1) is 10.8. The van der Waals surface area contributed by atoms with Crippen LogP contribution in [0.2, 0.25) is 0 Å². The molecule has 0 aromatic rings. The number of rotatable bonds is 9. The quantitative estimate of drug-likeness (QED) is 0.292. The van der Waals surface area contributed by atoms with Gasteiger partial charge in [0.2, 0.25) is 0 Å². The van der Waals surface area contributed by atoms with Crippen molar-refractivity contribution in [1.29, 1.82) is 0 Å². The molecule has 0 amide bonds. The zero-order valence-corrected chi connectivity index (χ0v) is 18.7. The number of carbonyl (C=O) groups is 2. The number of ether oxygens (including phenoxy) is 2. The second-order valence-electron chi connectivity index (χ2n) is 4.77. The van der Waals surface area contributed by atoms with Crippen LogP contribution in [-0.2, 0) is 19.1 Å². The Morgan fingerprint density at radius 1 is 0.960 bits per heavy atom. The maximum absolute atomic E-state index is 12.9. The minimum Gasteiger partial charge on any atom is -0.487 e. The summed E-state index contributed by atoms with van der Waals surface area (Å²) in [5, 5.41) is 0. The molecule has 0 spiro atoms. The van der Waals surface area contributed by atoms with Gasteiger partial charge in [0.15, 0.2) is 5.97 Å². The van der Waals surface area contributed by atoms with Crippen molar-refractivity contribution in [3.63, 3.8) is 0 Å². The fourth-order valence-corrected chi connectivity index (χ4v) is 1.22. The van der Waals surface area contributed by atoms with Gasteiger partial charge in [0, 0.05) is 0 Å². The van der Waals surface area contributed by atoms with Crippen LogP contribution < -0.4 is 58.2 Å². The van der Waals surface area contributed by atoms with Crippen LogP contribution in [0.4, 0.5) is 30.7 Å². The van der Waals surface area contributed by atoms with Crippen LogP contribution in [0.25, 0.3) is 0 Å². The van der Waals surface area contributed by atoms with E-state index in [9.17, 15) is 40.3 Å². The third kappa shape index (κ3) is 8.57. The first-order valence-corrected chi connectivity index (χ1v) is 6.73. The molecule has 0 saturated carbocycles. The predicted molar refractivity (Wildman–Crippen MR) is 66.3 cm³/mol. The summed E-state index contributed by atoms with van der Waals surface area (Å²) in [6.45, 7) is 1.39. The summed E-state index contributed by atoms with van der Waals surface area (Å²) < 4.78 is 95.3. The second-order valence-corrected chi connectivity index (χ2v) is 4.77. The van der Waals surface area contributed by atoms with Gasteiger partial charge < -0.3 is 9.47 Å². The molecule has 0 saturated heterocycles. The molecule has 0 atom stereocenters. The van der Waals surface area contributed by atoms with E-state index in [-0.39, 0.29) is 58.2 Å². The third-order valence-electron chi connectivity index (χ3n) is 2.91. The molecule has 0 bridgehead atoms. The van der Waals surface area contributed by atoms with E-state index in [0.717, 1.165) is 0 Å². The van der Waals surface area contributed by atoms with E-state index in [2.05, 4.69) is 9.47 Å². The Labute approximate surface area is 188 Å². The van der Waals surface area contributed by atoms with E-state index in [0.29, 0.717) is 12.3 Å². The normalized spacial score (nSPS) is 12.2. The minimum absolute atomic E-state index is 0. The van der Waals surface area contributed by atoms with Gasteiger partial charge in [0.25, 0.3) is 0 Å². The SMILES string of the molecule is CC[C-](C)C(=O)OCCC(=O)OCCC(F)(F)C(F)(F)C(F)(F)F.[Rb+]. The average Bonchev–Trinajstić information content (AvgIpc) is 2.44. The monoisotopic (exact) mass is 454 g/mol. The fraction of sp³-hybridized carbons (Fsp3) is 0.769. The first-order valence-electron chi connectivity index (χ1n) is 6.73.